The summed E-state index contributed by atoms with van der Waals surface area (Å²) >= 11 is 0. The third-order valence-electron chi connectivity index (χ3n) is 0.907. The monoisotopic (exact) mass is 125 g/mol. The molecule has 48 valence electrons. The molecule has 0 aliphatic rings. The zero-order chi connectivity index (χ0) is 7.40. The normalized spacial score (nSPS) is 10.4. The summed E-state index contributed by atoms with van der Waals surface area (Å²) < 4.78 is 11.5. The lowest BCUT2D eigenvalue weighted by Gasteiger charge is -1.95. The van der Waals surface area contributed by atoms with Gasteiger partial charge in [-0.05, 0) is 6.07 Å². The number of nitrogen functional groups attached to an aromatic ring is 1. The van der Waals surface area contributed by atoms with Gasteiger partial charge in [0.25, 0.3) is 0 Å². The Bertz CT molecular complexity index is 199. The summed E-state index contributed by atoms with van der Waals surface area (Å²) in [4.78, 5) is 3.80. The molecule has 0 fully saturated rings. The highest BCUT2D eigenvalue weighted by molar-refractivity contribution is 5.35. The van der Waals surface area contributed by atoms with Gasteiger partial charge in [-0.15, -0.1) is 0 Å². The van der Waals surface area contributed by atoms with Gasteiger partial charge in [0.2, 0.25) is 5.88 Å². The van der Waals surface area contributed by atoms with Crippen molar-refractivity contribution in [3.63, 3.8) is 0 Å². The summed E-state index contributed by atoms with van der Waals surface area (Å²) in [5.74, 6) is 0.434. The van der Waals surface area contributed by atoms with Crippen molar-refractivity contribution in [3.8, 4) is 5.88 Å². The first-order valence-corrected chi connectivity index (χ1v) is 2.46. The van der Waals surface area contributed by atoms with E-state index in [1.807, 2.05) is 0 Å². The van der Waals surface area contributed by atoms with Crippen LogP contribution in [-0.2, 0) is 0 Å². The van der Waals surface area contributed by atoms with Gasteiger partial charge >= 0.3 is 0 Å². The molecule has 0 unspecified atom stereocenters. The van der Waals surface area contributed by atoms with Crippen molar-refractivity contribution in [2.45, 2.75) is 0 Å². The standard InChI is InChI=1S/C6H8N2O/c1-9-6-3-2-5(7)4-8-6/h2-4H,7H2,1H3/i1D. The minimum Gasteiger partial charge on any atom is -0.481 e. The Morgan fingerprint density at radius 3 is 3.22 bits per heavy atom. The van der Waals surface area contributed by atoms with Crippen LogP contribution in [0.4, 0.5) is 5.69 Å². The summed E-state index contributed by atoms with van der Waals surface area (Å²) in [5, 5.41) is 0. The highest BCUT2D eigenvalue weighted by Gasteiger charge is 1.87. The number of pyridine rings is 1. The van der Waals surface area contributed by atoms with Crippen molar-refractivity contribution in [2.75, 3.05) is 12.8 Å². The first kappa shape index (κ1) is 4.61. The molecule has 1 aromatic heterocycles. The Morgan fingerprint density at radius 1 is 1.78 bits per heavy atom. The maximum atomic E-state index is 6.70. The first-order chi connectivity index (χ1) is 4.83. The van der Waals surface area contributed by atoms with Crippen molar-refractivity contribution in [1.29, 1.82) is 0 Å². The average molecular weight is 125 g/mol. The van der Waals surface area contributed by atoms with Crippen LogP contribution in [0.2, 0.25) is 0 Å². The van der Waals surface area contributed by atoms with Crippen LogP contribution in [-0.4, -0.2) is 12.1 Å². The molecule has 0 aliphatic heterocycles. The maximum absolute atomic E-state index is 6.70. The molecule has 0 bridgehead atoms. The Kier molecular flexibility index (Phi) is 1.20. The zero-order valence-electron chi connectivity index (χ0n) is 5.87. The molecule has 2 N–H and O–H groups in total. The molecular formula is C6H8N2O. The summed E-state index contributed by atoms with van der Waals surface area (Å²) in [5.41, 5.74) is 5.95. The number of ether oxygens (including phenoxy) is 1. The van der Waals surface area contributed by atoms with Crippen LogP contribution in [0.1, 0.15) is 1.37 Å². The topological polar surface area (TPSA) is 48.1 Å². The number of hydrogen-bond donors (Lipinski definition) is 1. The van der Waals surface area contributed by atoms with Gasteiger partial charge < -0.3 is 10.5 Å². The molecule has 0 aliphatic carbocycles. The third-order valence-corrected chi connectivity index (χ3v) is 0.907. The Morgan fingerprint density at radius 2 is 2.67 bits per heavy atom. The van der Waals surface area contributed by atoms with Gasteiger partial charge in [0, 0.05) is 6.07 Å². The van der Waals surface area contributed by atoms with Gasteiger partial charge in [0.05, 0.1) is 20.3 Å². The van der Waals surface area contributed by atoms with E-state index in [0.717, 1.165) is 0 Å². The van der Waals surface area contributed by atoms with E-state index in [4.69, 9.17) is 11.8 Å². The first-order valence-electron chi connectivity index (χ1n) is 3.17. The fourth-order valence-corrected chi connectivity index (χ4v) is 0.477. The molecule has 1 heterocycles. The molecule has 0 radical (unpaired) electrons. The Labute approximate surface area is 54.9 Å². The second-order valence-electron chi connectivity index (χ2n) is 1.57. The van der Waals surface area contributed by atoms with Gasteiger partial charge in [-0.1, -0.05) is 0 Å². The molecular weight excluding hydrogens is 116 g/mol. The second-order valence-corrected chi connectivity index (χ2v) is 1.57. The lowest BCUT2D eigenvalue weighted by Crippen LogP contribution is -1.89. The Hall–Kier alpha value is -1.25. The minimum absolute atomic E-state index is 0.114. The summed E-state index contributed by atoms with van der Waals surface area (Å²) in [6, 6.07) is 3.31. The second kappa shape index (κ2) is 2.35. The summed E-state index contributed by atoms with van der Waals surface area (Å²) in [6.07, 6.45) is 1.49. The summed E-state index contributed by atoms with van der Waals surface area (Å²) in [6.45, 7) is 0. The van der Waals surface area contributed by atoms with Gasteiger partial charge in [0.15, 0.2) is 0 Å². The number of hydrogen-bond acceptors (Lipinski definition) is 3. The van der Waals surface area contributed by atoms with E-state index < -0.39 is 0 Å². The van der Waals surface area contributed by atoms with E-state index in [1.165, 1.54) is 6.20 Å². The highest BCUT2D eigenvalue weighted by atomic mass is 16.5. The van der Waals surface area contributed by atoms with Gasteiger partial charge in [-0.3, -0.25) is 0 Å². The van der Waals surface area contributed by atoms with Crippen molar-refractivity contribution in [1.82, 2.24) is 4.98 Å². The van der Waals surface area contributed by atoms with E-state index in [-0.39, 0.29) is 7.09 Å². The number of nitrogens with two attached hydrogens (primary N) is 1. The van der Waals surface area contributed by atoms with Crippen LogP contribution >= 0.6 is 0 Å². The fraction of sp³-hybridized carbons (Fsp3) is 0.167. The van der Waals surface area contributed by atoms with Gasteiger partial charge in [-0.2, -0.15) is 0 Å². The lowest BCUT2D eigenvalue weighted by atomic mass is 10.4. The van der Waals surface area contributed by atoms with E-state index in [0.29, 0.717) is 11.6 Å². The predicted molar refractivity (Wildman–Crippen MR) is 35.2 cm³/mol. The van der Waals surface area contributed by atoms with E-state index in [9.17, 15) is 0 Å². The van der Waals surface area contributed by atoms with Crippen LogP contribution in [0.3, 0.4) is 0 Å². The molecule has 1 rings (SSSR count). The highest BCUT2D eigenvalue weighted by Crippen LogP contribution is 2.06. The number of methoxy groups -OCH3 is 1. The smallest absolute Gasteiger partial charge is 0.213 e. The molecule has 0 saturated heterocycles. The van der Waals surface area contributed by atoms with Gasteiger partial charge in [-0.25, -0.2) is 4.98 Å². The van der Waals surface area contributed by atoms with Crippen molar-refractivity contribution >= 4 is 5.69 Å². The largest absolute Gasteiger partial charge is 0.481 e. The van der Waals surface area contributed by atoms with Crippen LogP contribution in [0.5, 0.6) is 5.88 Å². The number of nitrogens with zero attached hydrogens (tertiary/aromatic N) is 1. The fourth-order valence-electron chi connectivity index (χ4n) is 0.477. The number of rotatable bonds is 1. The molecule has 9 heavy (non-hydrogen) atoms. The average Bonchev–Trinajstić information content (AvgIpc) is 1.95. The zero-order valence-corrected chi connectivity index (χ0v) is 4.87. The molecule has 0 aromatic carbocycles. The van der Waals surface area contributed by atoms with E-state index >= 15 is 0 Å². The van der Waals surface area contributed by atoms with Crippen molar-refractivity contribution in [2.24, 2.45) is 0 Å². The minimum atomic E-state index is -0.114. The van der Waals surface area contributed by atoms with Crippen molar-refractivity contribution in [3.05, 3.63) is 18.3 Å². The molecule has 3 heteroatoms. The number of anilines is 1. The van der Waals surface area contributed by atoms with Crippen molar-refractivity contribution < 1.29 is 6.11 Å². The SMILES string of the molecule is [2H]COc1ccc(N)cn1. The third kappa shape index (κ3) is 1.32. The van der Waals surface area contributed by atoms with Crippen LogP contribution in [0, 0.1) is 0 Å². The molecule has 0 spiro atoms. The maximum Gasteiger partial charge on any atom is 0.213 e. The Balaban J connectivity index is 2.69. The van der Waals surface area contributed by atoms with E-state index in [1.54, 1.807) is 12.1 Å². The molecule has 0 saturated carbocycles. The lowest BCUT2D eigenvalue weighted by molar-refractivity contribution is 0.398. The molecule has 0 atom stereocenters. The molecule has 3 nitrogen and oxygen atoms in total. The quantitative estimate of drug-likeness (QED) is 0.600. The van der Waals surface area contributed by atoms with Crippen LogP contribution in [0.25, 0.3) is 0 Å². The van der Waals surface area contributed by atoms with E-state index in [2.05, 4.69) is 4.98 Å². The predicted octanol–water partition coefficient (Wildman–Crippen LogP) is 0.672. The molecule has 1 aromatic rings. The van der Waals surface area contributed by atoms with Crippen LogP contribution in [0.15, 0.2) is 18.3 Å². The summed E-state index contributed by atoms with van der Waals surface area (Å²) in [7, 11) is -0.114. The van der Waals surface area contributed by atoms with Gasteiger partial charge in [0.1, 0.15) is 0 Å². The molecule has 0 amide bonds. The number of aromatic nitrogens is 1. The van der Waals surface area contributed by atoms with Crippen LogP contribution < -0.4 is 10.5 Å².